The van der Waals surface area contributed by atoms with E-state index >= 15 is 0 Å². The van der Waals surface area contributed by atoms with Crippen LogP contribution in [-0.4, -0.2) is 13.1 Å². The second kappa shape index (κ2) is 6.00. The van der Waals surface area contributed by atoms with E-state index in [4.69, 9.17) is 17.3 Å². The van der Waals surface area contributed by atoms with Gasteiger partial charge in [0, 0.05) is 23.2 Å². The molecule has 2 unspecified atom stereocenters. The maximum Gasteiger partial charge on any atom is 0.129 e. The summed E-state index contributed by atoms with van der Waals surface area (Å²) in [5.41, 5.74) is 6.22. The zero-order valence-corrected chi connectivity index (χ0v) is 11.4. The van der Waals surface area contributed by atoms with Gasteiger partial charge >= 0.3 is 0 Å². The first kappa shape index (κ1) is 13.8. The van der Waals surface area contributed by atoms with Gasteiger partial charge in [-0.3, -0.25) is 0 Å². The Morgan fingerprint density at radius 1 is 1.50 bits per heavy atom. The molecule has 1 saturated carbocycles. The highest BCUT2D eigenvalue weighted by Crippen LogP contribution is 2.36. The van der Waals surface area contributed by atoms with Crippen molar-refractivity contribution in [2.75, 3.05) is 13.1 Å². The zero-order chi connectivity index (χ0) is 13.1. The lowest BCUT2D eigenvalue weighted by Gasteiger charge is -2.21. The summed E-state index contributed by atoms with van der Waals surface area (Å²) in [6, 6.07) is 4.53. The van der Waals surface area contributed by atoms with Crippen LogP contribution in [0.25, 0.3) is 0 Å². The van der Waals surface area contributed by atoms with Crippen LogP contribution in [0.3, 0.4) is 0 Å². The van der Waals surface area contributed by atoms with Crippen molar-refractivity contribution < 1.29 is 4.39 Å². The van der Waals surface area contributed by atoms with Crippen LogP contribution in [0.2, 0.25) is 5.02 Å². The average molecular weight is 271 g/mol. The second-order valence-corrected chi connectivity index (χ2v) is 5.55. The maximum atomic E-state index is 13.8. The number of hydrogen-bond acceptors (Lipinski definition) is 2. The van der Waals surface area contributed by atoms with Crippen molar-refractivity contribution in [2.24, 2.45) is 17.6 Å². The molecule has 0 heterocycles. The molecule has 0 bridgehead atoms. The van der Waals surface area contributed by atoms with Crippen molar-refractivity contribution in [1.29, 1.82) is 0 Å². The molecule has 0 spiro atoms. The Morgan fingerprint density at radius 3 is 2.78 bits per heavy atom. The highest BCUT2D eigenvalue weighted by atomic mass is 35.5. The van der Waals surface area contributed by atoms with Gasteiger partial charge < -0.3 is 11.1 Å². The van der Waals surface area contributed by atoms with Crippen LogP contribution in [-0.2, 0) is 0 Å². The average Bonchev–Trinajstić information content (AvgIpc) is 3.16. The smallest absolute Gasteiger partial charge is 0.129 e. The molecule has 1 fully saturated rings. The summed E-state index contributed by atoms with van der Waals surface area (Å²) in [6.07, 6.45) is 2.63. The van der Waals surface area contributed by atoms with Crippen LogP contribution in [0.4, 0.5) is 4.39 Å². The zero-order valence-electron chi connectivity index (χ0n) is 10.6. The third-order valence-electron chi connectivity index (χ3n) is 3.70. The standard InChI is InChI=1S/C14H20ClFN2/c1-9(10-5-6-10)8-18-13(7-17)14-11(15)3-2-4-12(14)16/h2-4,9-10,13,18H,5-8,17H2,1H3. The highest BCUT2D eigenvalue weighted by Gasteiger charge is 2.28. The van der Waals surface area contributed by atoms with Crippen molar-refractivity contribution in [3.05, 3.63) is 34.6 Å². The fourth-order valence-corrected chi connectivity index (χ4v) is 2.60. The lowest BCUT2D eigenvalue weighted by atomic mass is 10.0. The molecule has 3 N–H and O–H groups in total. The minimum absolute atomic E-state index is 0.208. The molecule has 1 aromatic carbocycles. The van der Waals surface area contributed by atoms with Gasteiger partial charge in [-0.1, -0.05) is 24.6 Å². The van der Waals surface area contributed by atoms with Gasteiger partial charge in [-0.15, -0.1) is 0 Å². The fourth-order valence-electron chi connectivity index (χ4n) is 2.31. The molecule has 4 heteroatoms. The van der Waals surface area contributed by atoms with Crippen molar-refractivity contribution >= 4 is 11.6 Å². The van der Waals surface area contributed by atoms with E-state index in [0.29, 0.717) is 23.0 Å². The monoisotopic (exact) mass is 270 g/mol. The van der Waals surface area contributed by atoms with E-state index in [-0.39, 0.29) is 11.9 Å². The summed E-state index contributed by atoms with van der Waals surface area (Å²) >= 11 is 6.06. The van der Waals surface area contributed by atoms with E-state index in [0.717, 1.165) is 12.5 Å². The molecular formula is C14H20ClFN2. The third kappa shape index (κ3) is 3.22. The molecule has 2 nitrogen and oxygen atoms in total. The summed E-state index contributed by atoms with van der Waals surface area (Å²) < 4.78 is 13.8. The van der Waals surface area contributed by atoms with Gasteiger partial charge in [-0.25, -0.2) is 4.39 Å². The molecular weight excluding hydrogens is 251 g/mol. The normalized spacial score (nSPS) is 18.7. The Bertz CT molecular complexity index is 387. The number of benzene rings is 1. The lowest BCUT2D eigenvalue weighted by molar-refractivity contribution is 0.415. The minimum Gasteiger partial charge on any atom is -0.329 e. The van der Waals surface area contributed by atoms with Crippen molar-refractivity contribution in [2.45, 2.75) is 25.8 Å². The van der Waals surface area contributed by atoms with Crippen LogP contribution in [0.1, 0.15) is 31.4 Å². The Hall–Kier alpha value is -0.640. The first-order valence-corrected chi connectivity index (χ1v) is 6.88. The summed E-state index contributed by atoms with van der Waals surface area (Å²) in [4.78, 5) is 0. The number of nitrogens with two attached hydrogens (primary N) is 1. The number of rotatable bonds is 6. The van der Waals surface area contributed by atoms with Crippen molar-refractivity contribution in [3.63, 3.8) is 0 Å². The van der Waals surface area contributed by atoms with Gasteiger partial charge in [0.2, 0.25) is 0 Å². The molecule has 1 aliphatic rings. The molecule has 0 saturated heterocycles. The van der Waals surface area contributed by atoms with E-state index in [1.807, 2.05) is 0 Å². The van der Waals surface area contributed by atoms with Crippen molar-refractivity contribution in [3.8, 4) is 0 Å². The van der Waals surface area contributed by atoms with Crippen LogP contribution in [0, 0.1) is 17.7 Å². The van der Waals surface area contributed by atoms with Crippen LogP contribution in [0.15, 0.2) is 18.2 Å². The molecule has 1 aliphatic carbocycles. The Kier molecular flexibility index (Phi) is 4.60. The quantitative estimate of drug-likeness (QED) is 0.834. The molecule has 0 amide bonds. The van der Waals surface area contributed by atoms with Crippen LogP contribution >= 0.6 is 11.6 Å². The number of hydrogen-bond donors (Lipinski definition) is 2. The van der Waals surface area contributed by atoms with Gasteiger partial charge in [0.05, 0.1) is 0 Å². The van der Waals surface area contributed by atoms with Gasteiger partial charge in [0.25, 0.3) is 0 Å². The molecule has 2 atom stereocenters. The third-order valence-corrected chi connectivity index (χ3v) is 4.03. The van der Waals surface area contributed by atoms with Crippen LogP contribution in [0.5, 0.6) is 0 Å². The lowest BCUT2D eigenvalue weighted by Crippen LogP contribution is -2.32. The van der Waals surface area contributed by atoms with Crippen molar-refractivity contribution in [1.82, 2.24) is 5.32 Å². The van der Waals surface area contributed by atoms with E-state index in [1.54, 1.807) is 12.1 Å². The summed E-state index contributed by atoms with van der Waals surface area (Å²) in [5.74, 6) is 1.15. The topological polar surface area (TPSA) is 38.0 Å². The largest absolute Gasteiger partial charge is 0.329 e. The Morgan fingerprint density at radius 2 is 2.22 bits per heavy atom. The highest BCUT2D eigenvalue weighted by molar-refractivity contribution is 6.31. The maximum absolute atomic E-state index is 13.8. The molecule has 18 heavy (non-hydrogen) atoms. The van der Waals surface area contributed by atoms with Gasteiger partial charge in [-0.05, 0) is 43.4 Å². The molecule has 0 radical (unpaired) electrons. The molecule has 0 aliphatic heterocycles. The molecule has 100 valence electrons. The number of nitrogens with one attached hydrogen (secondary N) is 1. The predicted molar refractivity (Wildman–Crippen MR) is 73.1 cm³/mol. The van der Waals surface area contributed by atoms with E-state index < -0.39 is 0 Å². The SMILES string of the molecule is CC(CNC(CN)c1c(F)cccc1Cl)C1CC1. The minimum atomic E-state index is -0.287. The summed E-state index contributed by atoms with van der Waals surface area (Å²) in [7, 11) is 0. The summed E-state index contributed by atoms with van der Waals surface area (Å²) in [6.45, 7) is 3.43. The molecule has 1 aromatic rings. The predicted octanol–water partition coefficient (Wildman–Crippen LogP) is 3.11. The number of halogens is 2. The van der Waals surface area contributed by atoms with E-state index in [1.165, 1.54) is 18.9 Å². The second-order valence-electron chi connectivity index (χ2n) is 5.15. The Balaban J connectivity index is 2.02. The first-order chi connectivity index (χ1) is 8.63. The van der Waals surface area contributed by atoms with Gasteiger partial charge in [0.1, 0.15) is 5.82 Å². The van der Waals surface area contributed by atoms with E-state index in [9.17, 15) is 4.39 Å². The van der Waals surface area contributed by atoms with Gasteiger partial charge in [-0.2, -0.15) is 0 Å². The van der Waals surface area contributed by atoms with Crippen LogP contribution < -0.4 is 11.1 Å². The van der Waals surface area contributed by atoms with Gasteiger partial charge in [0.15, 0.2) is 0 Å². The summed E-state index contributed by atoms with van der Waals surface area (Å²) in [5, 5.41) is 3.78. The Labute approximate surface area is 113 Å². The first-order valence-electron chi connectivity index (χ1n) is 6.50. The molecule has 0 aromatic heterocycles. The van der Waals surface area contributed by atoms with E-state index in [2.05, 4.69) is 12.2 Å². The fraction of sp³-hybridized carbons (Fsp3) is 0.571. The molecule has 2 rings (SSSR count).